The van der Waals surface area contributed by atoms with E-state index in [0.717, 1.165) is 24.0 Å². The van der Waals surface area contributed by atoms with E-state index < -0.39 is 11.5 Å². The first kappa shape index (κ1) is 26.6. The van der Waals surface area contributed by atoms with Crippen molar-refractivity contribution >= 4 is 68.9 Å². The lowest BCUT2D eigenvalue weighted by Gasteiger charge is -2.27. The summed E-state index contributed by atoms with van der Waals surface area (Å²) in [5.74, 6) is 0.0973. The molecule has 4 aromatic rings. The van der Waals surface area contributed by atoms with Crippen LogP contribution >= 0.6 is 56.8 Å². The topological polar surface area (TPSA) is 70.9 Å². The number of ether oxygens (including phenoxy) is 1. The van der Waals surface area contributed by atoms with Gasteiger partial charge in [-0.1, -0.05) is 90.5 Å². The van der Waals surface area contributed by atoms with Crippen molar-refractivity contribution in [1.82, 2.24) is 5.43 Å². The fourth-order valence-electron chi connectivity index (χ4n) is 3.59. The Morgan fingerprint density at radius 1 is 0.917 bits per heavy atom. The number of hydrogen-bond acceptors (Lipinski definition) is 4. The van der Waals surface area contributed by atoms with Crippen molar-refractivity contribution in [1.29, 1.82) is 0 Å². The molecule has 0 saturated heterocycles. The molecule has 0 aromatic heterocycles. The number of hydrogen-bond donors (Lipinski definition) is 2. The fraction of sp³-hybridized carbons (Fsp3) is 0.0714. The van der Waals surface area contributed by atoms with Crippen LogP contribution in [0.5, 0.6) is 5.75 Å². The lowest BCUT2D eigenvalue weighted by molar-refractivity contribution is -0.136. The summed E-state index contributed by atoms with van der Waals surface area (Å²) in [6.07, 6.45) is 1.54. The number of amides is 1. The van der Waals surface area contributed by atoms with Gasteiger partial charge in [-0.3, -0.25) is 4.79 Å². The summed E-state index contributed by atoms with van der Waals surface area (Å²) >= 11 is 10.6. The maximum absolute atomic E-state index is 13.2. The lowest BCUT2D eigenvalue weighted by Crippen LogP contribution is -2.43. The number of rotatable bonds is 8. The Morgan fingerprint density at radius 2 is 1.44 bits per heavy atom. The molecule has 0 aliphatic rings. The molecule has 0 radical (unpaired) electrons. The van der Waals surface area contributed by atoms with Crippen molar-refractivity contribution in [2.45, 2.75) is 12.2 Å². The lowest BCUT2D eigenvalue weighted by atomic mass is 9.85. The minimum Gasteiger partial charge on any atom is -0.487 e. The molecule has 0 bridgehead atoms. The van der Waals surface area contributed by atoms with Crippen LogP contribution in [0.4, 0.5) is 0 Å². The van der Waals surface area contributed by atoms with Gasteiger partial charge in [0.25, 0.3) is 5.91 Å². The van der Waals surface area contributed by atoms with Crippen molar-refractivity contribution in [2.75, 3.05) is 0 Å². The van der Waals surface area contributed by atoms with Gasteiger partial charge in [-0.2, -0.15) is 5.10 Å². The summed E-state index contributed by atoms with van der Waals surface area (Å²) in [5, 5.41) is 16.3. The van der Waals surface area contributed by atoms with Crippen LogP contribution in [0.2, 0.25) is 5.02 Å². The zero-order valence-corrected chi connectivity index (χ0v) is 23.9. The van der Waals surface area contributed by atoms with Gasteiger partial charge in [0.05, 0.1) is 13.4 Å². The molecule has 0 atom stereocenters. The Balaban J connectivity index is 1.50. The molecule has 182 valence electrons. The molecule has 0 fully saturated rings. The number of carbonyl (C=O) groups excluding carboxylic acids is 1. The quantitative estimate of drug-likeness (QED) is 0.124. The maximum atomic E-state index is 13.2. The van der Waals surface area contributed by atoms with Gasteiger partial charge in [-0.25, -0.2) is 5.43 Å². The van der Waals surface area contributed by atoms with E-state index in [0.29, 0.717) is 22.8 Å². The molecule has 8 heteroatoms. The summed E-state index contributed by atoms with van der Waals surface area (Å²) in [6, 6.07) is 29.0. The summed E-state index contributed by atoms with van der Waals surface area (Å²) in [7, 11) is 0. The van der Waals surface area contributed by atoms with Crippen molar-refractivity contribution in [3.05, 3.63) is 131 Å². The van der Waals surface area contributed by atoms with E-state index in [2.05, 4.69) is 55.7 Å². The number of halogens is 3. The van der Waals surface area contributed by atoms with Gasteiger partial charge in [0.1, 0.15) is 12.4 Å². The van der Waals surface area contributed by atoms with Crippen LogP contribution in [0, 0.1) is 7.14 Å². The summed E-state index contributed by atoms with van der Waals surface area (Å²) < 4.78 is 7.81. The molecule has 4 aromatic carbocycles. The van der Waals surface area contributed by atoms with Crippen LogP contribution in [0.15, 0.2) is 102 Å². The third-order valence-corrected chi connectivity index (χ3v) is 7.41. The molecular formula is C28H21ClI2N2O3. The van der Waals surface area contributed by atoms with E-state index in [-0.39, 0.29) is 0 Å². The van der Waals surface area contributed by atoms with Gasteiger partial charge in [0, 0.05) is 10.6 Å². The van der Waals surface area contributed by atoms with Gasteiger partial charge in [0.15, 0.2) is 5.60 Å². The second-order valence-electron chi connectivity index (χ2n) is 7.84. The highest BCUT2D eigenvalue weighted by Gasteiger charge is 2.39. The molecular weight excluding hydrogens is 702 g/mol. The van der Waals surface area contributed by atoms with Crippen molar-refractivity contribution in [3.63, 3.8) is 0 Å². The van der Waals surface area contributed by atoms with E-state index in [9.17, 15) is 9.90 Å². The molecule has 1 amide bonds. The maximum Gasteiger partial charge on any atom is 0.281 e. The zero-order chi connectivity index (χ0) is 25.5. The summed E-state index contributed by atoms with van der Waals surface area (Å²) in [4.78, 5) is 13.2. The summed E-state index contributed by atoms with van der Waals surface area (Å²) in [5.41, 5.74) is 3.20. The molecule has 5 nitrogen and oxygen atoms in total. The number of hydrazone groups is 1. The Kier molecular flexibility index (Phi) is 9.00. The fourth-order valence-corrected chi connectivity index (χ4v) is 5.91. The molecule has 0 unspecified atom stereocenters. The van der Waals surface area contributed by atoms with Gasteiger partial charge in [0.2, 0.25) is 0 Å². The first-order valence-electron chi connectivity index (χ1n) is 10.9. The highest BCUT2D eigenvalue weighted by atomic mass is 127. The monoisotopic (exact) mass is 722 g/mol. The van der Waals surface area contributed by atoms with E-state index in [1.165, 1.54) is 6.21 Å². The second kappa shape index (κ2) is 12.2. The Bertz CT molecular complexity index is 1320. The van der Waals surface area contributed by atoms with Gasteiger partial charge >= 0.3 is 0 Å². The number of aliphatic hydroxyl groups is 1. The average molecular weight is 723 g/mol. The molecule has 0 saturated carbocycles. The largest absolute Gasteiger partial charge is 0.487 e. The standard InChI is InChI=1S/C28H21ClI2N2O3/c29-23-14-8-7-9-20(23)18-36-26-24(30)15-19(16-25(26)31)17-32-33-27(34)28(35,21-10-3-1-4-11-21)22-12-5-2-6-13-22/h1-17,35H,18H2,(H,33,34)/b32-17+. The molecule has 0 aliphatic heterocycles. The number of carbonyl (C=O) groups is 1. The highest BCUT2D eigenvalue weighted by molar-refractivity contribution is 14.1. The summed E-state index contributed by atoms with van der Waals surface area (Å²) in [6.45, 7) is 0.354. The van der Waals surface area contributed by atoms with Gasteiger partial charge in [-0.05, 0) is 80.1 Å². The molecule has 0 heterocycles. The number of nitrogens with zero attached hydrogens (tertiary/aromatic N) is 1. The van der Waals surface area contributed by atoms with Crippen molar-refractivity contribution in [3.8, 4) is 5.75 Å². The highest BCUT2D eigenvalue weighted by Crippen LogP contribution is 2.31. The Labute approximate surface area is 241 Å². The molecule has 36 heavy (non-hydrogen) atoms. The first-order chi connectivity index (χ1) is 17.4. The smallest absolute Gasteiger partial charge is 0.281 e. The minimum atomic E-state index is -1.89. The molecule has 4 rings (SSSR count). The third-order valence-electron chi connectivity index (χ3n) is 5.44. The van der Waals surface area contributed by atoms with Gasteiger partial charge in [-0.15, -0.1) is 0 Å². The SMILES string of the molecule is O=C(N/N=C/c1cc(I)c(OCc2ccccc2Cl)c(I)c1)C(O)(c1ccccc1)c1ccccc1. The average Bonchev–Trinajstić information content (AvgIpc) is 2.89. The van der Waals surface area contributed by atoms with E-state index in [1.54, 1.807) is 48.5 Å². The predicted molar refractivity (Wildman–Crippen MR) is 159 cm³/mol. The molecule has 2 N–H and O–H groups in total. The van der Waals surface area contributed by atoms with Gasteiger partial charge < -0.3 is 9.84 Å². The molecule has 0 aliphatic carbocycles. The van der Waals surface area contributed by atoms with E-state index >= 15 is 0 Å². The Hall–Kier alpha value is -2.47. The third kappa shape index (κ3) is 6.08. The number of benzene rings is 4. The zero-order valence-electron chi connectivity index (χ0n) is 18.9. The van der Waals surface area contributed by atoms with Crippen LogP contribution in [-0.4, -0.2) is 17.2 Å². The van der Waals surface area contributed by atoms with E-state index in [4.69, 9.17) is 16.3 Å². The number of nitrogens with one attached hydrogen (secondary N) is 1. The van der Waals surface area contributed by atoms with Crippen LogP contribution in [0.3, 0.4) is 0 Å². The minimum absolute atomic E-state index is 0.354. The Morgan fingerprint density at radius 3 is 2.00 bits per heavy atom. The first-order valence-corrected chi connectivity index (χ1v) is 13.5. The van der Waals surface area contributed by atoms with Crippen LogP contribution in [0.1, 0.15) is 22.3 Å². The van der Waals surface area contributed by atoms with Crippen LogP contribution in [0.25, 0.3) is 0 Å². The molecule has 0 spiro atoms. The normalized spacial score (nSPS) is 11.4. The van der Waals surface area contributed by atoms with Crippen molar-refractivity contribution in [2.24, 2.45) is 5.10 Å². The van der Waals surface area contributed by atoms with Crippen LogP contribution in [-0.2, 0) is 17.0 Å². The predicted octanol–water partition coefficient (Wildman–Crippen LogP) is 6.51. The second-order valence-corrected chi connectivity index (χ2v) is 10.6. The van der Waals surface area contributed by atoms with Crippen molar-refractivity contribution < 1.29 is 14.6 Å². The van der Waals surface area contributed by atoms with Crippen LogP contribution < -0.4 is 10.2 Å². The van der Waals surface area contributed by atoms with E-state index in [1.807, 2.05) is 48.5 Å².